The molecule has 0 saturated heterocycles. The topological polar surface area (TPSA) is 52.6 Å². The standard InChI is InChI=1S/C8H14F4O4S/c1-2-3-4-15-7(9)5-16-8(10,11)6-17(12,13)14/h7H,2-6H2,1H3. The van der Waals surface area contributed by atoms with E-state index in [1.807, 2.05) is 6.92 Å². The fourth-order valence-corrected chi connectivity index (χ4v) is 1.32. The van der Waals surface area contributed by atoms with E-state index in [2.05, 4.69) is 9.47 Å². The summed E-state index contributed by atoms with van der Waals surface area (Å²) in [5.74, 6) is -2.14. The molecule has 0 spiro atoms. The van der Waals surface area contributed by atoms with Gasteiger partial charge in [-0.05, 0) is 6.42 Å². The van der Waals surface area contributed by atoms with E-state index in [4.69, 9.17) is 0 Å². The molecule has 0 fully saturated rings. The summed E-state index contributed by atoms with van der Waals surface area (Å²) in [6.45, 7) is 0.702. The fourth-order valence-electron chi connectivity index (χ4n) is 0.833. The molecule has 0 aliphatic rings. The Morgan fingerprint density at radius 1 is 1.35 bits per heavy atom. The summed E-state index contributed by atoms with van der Waals surface area (Å²) >= 11 is 0. The summed E-state index contributed by atoms with van der Waals surface area (Å²) in [6, 6.07) is 0. The molecule has 0 aromatic rings. The van der Waals surface area contributed by atoms with Crippen molar-refractivity contribution in [3.63, 3.8) is 0 Å². The maximum Gasteiger partial charge on any atom is 0.372 e. The lowest BCUT2D eigenvalue weighted by atomic mass is 10.4. The summed E-state index contributed by atoms with van der Waals surface area (Å²) < 4.78 is 77.9. The highest BCUT2D eigenvalue weighted by molar-refractivity contribution is 7.86. The van der Waals surface area contributed by atoms with Crippen LogP contribution in [0.1, 0.15) is 19.8 Å². The lowest BCUT2D eigenvalue weighted by Gasteiger charge is -2.16. The van der Waals surface area contributed by atoms with E-state index in [9.17, 15) is 25.5 Å². The van der Waals surface area contributed by atoms with Crippen LogP contribution in [0.2, 0.25) is 0 Å². The molecule has 9 heteroatoms. The van der Waals surface area contributed by atoms with Crippen molar-refractivity contribution < 1.29 is 34.9 Å². The molecule has 4 nitrogen and oxygen atoms in total. The molecule has 1 unspecified atom stereocenters. The highest BCUT2D eigenvalue weighted by Gasteiger charge is 2.37. The largest absolute Gasteiger partial charge is 0.372 e. The molecule has 0 bridgehead atoms. The minimum absolute atomic E-state index is 0.0357. The van der Waals surface area contributed by atoms with Gasteiger partial charge in [0.05, 0.1) is 6.61 Å². The molecule has 104 valence electrons. The number of alkyl halides is 3. The number of unbranched alkanes of at least 4 members (excludes halogenated alkanes) is 1. The van der Waals surface area contributed by atoms with Gasteiger partial charge in [0.25, 0.3) is 0 Å². The van der Waals surface area contributed by atoms with Gasteiger partial charge in [0.15, 0.2) is 5.75 Å². The molecule has 0 heterocycles. The Balaban J connectivity index is 3.92. The van der Waals surface area contributed by atoms with Gasteiger partial charge in [-0.25, -0.2) is 4.39 Å². The first-order chi connectivity index (χ1) is 7.66. The first-order valence-electron chi connectivity index (χ1n) is 4.86. The van der Waals surface area contributed by atoms with Gasteiger partial charge in [-0.3, -0.25) is 0 Å². The van der Waals surface area contributed by atoms with Crippen molar-refractivity contribution in [1.82, 2.24) is 0 Å². The highest BCUT2D eigenvalue weighted by Crippen LogP contribution is 2.19. The van der Waals surface area contributed by atoms with Crippen molar-refractivity contribution in [2.45, 2.75) is 32.2 Å². The van der Waals surface area contributed by atoms with Crippen molar-refractivity contribution in [3.8, 4) is 0 Å². The summed E-state index contributed by atoms with van der Waals surface area (Å²) in [6.07, 6.45) is -5.08. The number of hydrogen-bond donors (Lipinski definition) is 0. The molecule has 0 saturated carbocycles. The summed E-state index contributed by atoms with van der Waals surface area (Å²) in [7, 11) is -5.39. The van der Waals surface area contributed by atoms with E-state index in [0.29, 0.717) is 6.42 Å². The lowest BCUT2D eigenvalue weighted by Crippen LogP contribution is -2.32. The van der Waals surface area contributed by atoms with Crippen molar-refractivity contribution in [1.29, 1.82) is 0 Å². The second kappa shape index (κ2) is 7.12. The third-order valence-corrected chi connectivity index (χ3v) is 2.24. The predicted octanol–water partition coefficient (Wildman–Crippen LogP) is 2.01. The third kappa shape index (κ3) is 10.5. The molecular formula is C8H14F4O4S. The monoisotopic (exact) mass is 282 g/mol. The average Bonchev–Trinajstić information content (AvgIpc) is 2.12. The number of rotatable bonds is 9. The van der Waals surface area contributed by atoms with Gasteiger partial charge in [-0.1, -0.05) is 13.3 Å². The molecule has 0 N–H and O–H groups in total. The minimum Gasteiger partial charge on any atom is -0.346 e. The van der Waals surface area contributed by atoms with Crippen molar-refractivity contribution in [2.75, 3.05) is 19.0 Å². The molecule has 0 radical (unpaired) electrons. The van der Waals surface area contributed by atoms with Gasteiger partial charge in [0, 0.05) is 0 Å². The Hall–Kier alpha value is -0.410. The summed E-state index contributed by atoms with van der Waals surface area (Å²) in [5.41, 5.74) is 0. The van der Waals surface area contributed by atoms with Crippen molar-refractivity contribution in [2.24, 2.45) is 0 Å². The minimum atomic E-state index is -5.39. The Labute approximate surface area is 97.1 Å². The fraction of sp³-hybridized carbons (Fsp3) is 1.00. The Bertz CT molecular complexity index is 307. The third-order valence-electron chi connectivity index (χ3n) is 1.56. The normalized spacial score (nSPS) is 14.9. The number of ether oxygens (including phenoxy) is 2. The lowest BCUT2D eigenvalue weighted by molar-refractivity contribution is -0.247. The van der Waals surface area contributed by atoms with E-state index in [-0.39, 0.29) is 6.61 Å². The summed E-state index contributed by atoms with van der Waals surface area (Å²) in [5, 5.41) is 0. The van der Waals surface area contributed by atoms with Crippen LogP contribution in [0.5, 0.6) is 0 Å². The molecule has 0 rings (SSSR count). The zero-order valence-corrected chi connectivity index (χ0v) is 9.98. The van der Waals surface area contributed by atoms with Gasteiger partial charge < -0.3 is 9.47 Å². The average molecular weight is 282 g/mol. The van der Waals surface area contributed by atoms with Crippen LogP contribution in [0.3, 0.4) is 0 Å². The number of hydrogen-bond acceptors (Lipinski definition) is 4. The second-order valence-corrected chi connectivity index (χ2v) is 4.63. The van der Waals surface area contributed by atoms with Crippen molar-refractivity contribution >= 4 is 10.2 Å². The zero-order chi connectivity index (χ0) is 13.5. The predicted molar refractivity (Wildman–Crippen MR) is 51.5 cm³/mol. The Morgan fingerprint density at radius 2 is 1.94 bits per heavy atom. The van der Waals surface area contributed by atoms with Crippen LogP contribution in [-0.4, -0.2) is 39.9 Å². The van der Waals surface area contributed by atoms with E-state index in [0.717, 1.165) is 6.42 Å². The molecule has 0 amide bonds. The van der Waals surface area contributed by atoms with Gasteiger partial charge in [-0.15, -0.1) is 3.89 Å². The first kappa shape index (κ1) is 16.6. The van der Waals surface area contributed by atoms with Crippen LogP contribution in [0, 0.1) is 0 Å². The molecular weight excluding hydrogens is 268 g/mol. The Kier molecular flexibility index (Phi) is 6.95. The maximum atomic E-state index is 12.8. The van der Waals surface area contributed by atoms with Crippen LogP contribution < -0.4 is 0 Å². The van der Waals surface area contributed by atoms with Gasteiger partial charge >= 0.3 is 16.3 Å². The zero-order valence-electron chi connectivity index (χ0n) is 9.17. The SMILES string of the molecule is CCCCOC(F)COC(F)(F)CS(=O)(=O)F. The van der Waals surface area contributed by atoms with Crippen molar-refractivity contribution in [3.05, 3.63) is 0 Å². The molecule has 1 atom stereocenters. The molecule has 17 heavy (non-hydrogen) atoms. The highest BCUT2D eigenvalue weighted by atomic mass is 32.3. The molecule has 0 aliphatic carbocycles. The number of halogens is 4. The van der Waals surface area contributed by atoms with Crippen LogP contribution in [0.25, 0.3) is 0 Å². The Morgan fingerprint density at radius 3 is 2.41 bits per heavy atom. The van der Waals surface area contributed by atoms with E-state index >= 15 is 0 Å². The van der Waals surface area contributed by atoms with E-state index < -0.39 is 35.0 Å². The first-order valence-corrected chi connectivity index (χ1v) is 6.41. The molecule has 0 aromatic heterocycles. The van der Waals surface area contributed by atoms with Gasteiger partial charge in [0.2, 0.25) is 6.36 Å². The molecule has 0 aromatic carbocycles. The second-order valence-electron chi connectivity index (χ2n) is 3.27. The van der Waals surface area contributed by atoms with Crippen LogP contribution in [0.15, 0.2) is 0 Å². The van der Waals surface area contributed by atoms with E-state index in [1.54, 1.807) is 0 Å². The quantitative estimate of drug-likeness (QED) is 0.369. The van der Waals surface area contributed by atoms with E-state index in [1.165, 1.54) is 0 Å². The van der Waals surface area contributed by atoms with Crippen LogP contribution in [-0.2, 0) is 19.7 Å². The van der Waals surface area contributed by atoms with Gasteiger partial charge in [-0.2, -0.15) is 17.2 Å². The van der Waals surface area contributed by atoms with Crippen LogP contribution >= 0.6 is 0 Å². The maximum absolute atomic E-state index is 12.8. The van der Waals surface area contributed by atoms with Gasteiger partial charge in [0.1, 0.15) is 6.61 Å². The van der Waals surface area contributed by atoms with Crippen LogP contribution in [0.4, 0.5) is 17.1 Å². The summed E-state index contributed by atoms with van der Waals surface area (Å²) in [4.78, 5) is 0. The molecule has 0 aliphatic heterocycles. The smallest absolute Gasteiger partial charge is 0.346 e.